The van der Waals surface area contributed by atoms with Gasteiger partial charge in [-0.2, -0.15) is 0 Å². The van der Waals surface area contributed by atoms with Gasteiger partial charge in [0.2, 0.25) is 0 Å². The van der Waals surface area contributed by atoms with Crippen LogP contribution < -0.4 is 14.2 Å². The van der Waals surface area contributed by atoms with E-state index in [0.717, 1.165) is 11.3 Å². The van der Waals surface area contributed by atoms with E-state index in [1.54, 1.807) is 6.07 Å². The third kappa shape index (κ3) is 2.13. The van der Waals surface area contributed by atoms with Gasteiger partial charge in [-0.05, 0) is 29.8 Å². The van der Waals surface area contributed by atoms with Crippen molar-refractivity contribution < 1.29 is 19.0 Å². The summed E-state index contributed by atoms with van der Waals surface area (Å²) < 4.78 is 17.1. The lowest BCUT2D eigenvalue weighted by molar-refractivity contribution is 0.0849. The Morgan fingerprint density at radius 2 is 1.71 bits per heavy atom. The predicted octanol–water partition coefficient (Wildman–Crippen LogP) is 3.16. The second kappa shape index (κ2) is 4.81. The van der Waals surface area contributed by atoms with Crippen molar-refractivity contribution in [2.75, 3.05) is 13.2 Å². The summed E-state index contributed by atoms with van der Waals surface area (Å²) in [6, 6.07) is 13.1. The normalized spacial score (nSPS) is 19.6. The molecule has 0 radical (unpaired) electrons. The molecule has 4 heteroatoms. The highest BCUT2D eigenvalue weighted by Crippen LogP contribution is 2.38. The Morgan fingerprint density at radius 3 is 2.62 bits per heavy atom. The van der Waals surface area contributed by atoms with Gasteiger partial charge in [0.25, 0.3) is 0 Å². The van der Waals surface area contributed by atoms with Crippen molar-refractivity contribution in [2.45, 2.75) is 12.5 Å². The summed E-state index contributed by atoms with van der Waals surface area (Å²) >= 11 is 0. The molecule has 0 saturated heterocycles. The zero-order valence-corrected chi connectivity index (χ0v) is 11.4. The zero-order chi connectivity index (χ0) is 14.2. The standard InChI is InChI=1S/C17H14O4/c18-13-10-16(21-14-4-2-1-3-12(13)14)11-5-6-15-17(9-11)20-8-7-19-15/h1-6,9,16H,7-8,10H2/t16-/m0/s1. The molecule has 2 aromatic rings. The Kier molecular flexibility index (Phi) is 2.81. The summed E-state index contributed by atoms with van der Waals surface area (Å²) in [6.07, 6.45) is 0.0691. The van der Waals surface area contributed by atoms with Crippen molar-refractivity contribution in [3.63, 3.8) is 0 Å². The van der Waals surface area contributed by atoms with Gasteiger partial charge in [-0.3, -0.25) is 4.79 Å². The lowest BCUT2D eigenvalue weighted by atomic mass is 9.96. The van der Waals surface area contributed by atoms with Crippen LogP contribution >= 0.6 is 0 Å². The molecule has 4 rings (SSSR count). The summed E-state index contributed by atoms with van der Waals surface area (Å²) in [7, 11) is 0. The minimum atomic E-state index is -0.275. The van der Waals surface area contributed by atoms with Gasteiger partial charge in [0.1, 0.15) is 25.1 Å². The number of hydrogen-bond acceptors (Lipinski definition) is 4. The maximum Gasteiger partial charge on any atom is 0.170 e. The highest BCUT2D eigenvalue weighted by atomic mass is 16.6. The number of hydrogen-bond donors (Lipinski definition) is 0. The van der Waals surface area contributed by atoms with Crippen molar-refractivity contribution in [1.29, 1.82) is 0 Å². The average Bonchev–Trinajstić information content (AvgIpc) is 2.54. The molecule has 0 N–H and O–H groups in total. The Balaban J connectivity index is 1.67. The fourth-order valence-electron chi connectivity index (χ4n) is 2.72. The molecule has 2 aliphatic rings. The number of ether oxygens (including phenoxy) is 3. The maximum atomic E-state index is 12.2. The molecule has 0 bridgehead atoms. The van der Waals surface area contributed by atoms with Gasteiger partial charge in [-0.25, -0.2) is 0 Å². The van der Waals surface area contributed by atoms with Crippen LogP contribution in [0.15, 0.2) is 42.5 Å². The van der Waals surface area contributed by atoms with Crippen molar-refractivity contribution in [1.82, 2.24) is 0 Å². The first-order chi connectivity index (χ1) is 10.3. The fourth-order valence-corrected chi connectivity index (χ4v) is 2.72. The van der Waals surface area contributed by atoms with Crippen LogP contribution in [0.2, 0.25) is 0 Å². The second-order valence-electron chi connectivity index (χ2n) is 5.13. The van der Waals surface area contributed by atoms with Gasteiger partial charge in [0.05, 0.1) is 12.0 Å². The molecule has 0 amide bonds. The number of fused-ring (bicyclic) bond motifs is 2. The molecular formula is C17H14O4. The van der Waals surface area contributed by atoms with Gasteiger partial charge in [0.15, 0.2) is 17.3 Å². The number of benzene rings is 2. The number of ketones is 1. The summed E-state index contributed by atoms with van der Waals surface area (Å²) in [5, 5.41) is 0. The molecule has 4 nitrogen and oxygen atoms in total. The third-order valence-electron chi connectivity index (χ3n) is 3.77. The van der Waals surface area contributed by atoms with Gasteiger partial charge >= 0.3 is 0 Å². The van der Waals surface area contributed by atoms with Crippen LogP contribution in [0, 0.1) is 0 Å². The quantitative estimate of drug-likeness (QED) is 0.806. The number of para-hydroxylation sites is 1. The largest absolute Gasteiger partial charge is 0.486 e. The van der Waals surface area contributed by atoms with Gasteiger partial charge in [-0.1, -0.05) is 18.2 Å². The maximum absolute atomic E-state index is 12.2. The van der Waals surface area contributed by atoms with E-state index in [9.17, 15) is 4.79 Å². The lowest BCUT2D eigenvalue weighted by Gasteiger charge is -2.26. The SMILES string of the molecule is O=C1C[C@@H](c2ccc3c(c2)OCCO3)Oc2ccccc21. The van der Waals surface area contributed by atoms with Gasteiger partial charge < -0.3 is 14.2 Å². The van der Waals surface area contributed by atoms with E-state index in [0.29, 0.717) is 36.7 Å². The van der Waals surface area contributed by atoms with Crippen molar-refractivity contribution in [2.24, 2.45) is 0 Å². The third-order valence-corrected chi connectivity index (χ3v) is 3.77. The van der Waals surface area contributed by atoms with Crippen LogP contribution in [0.3, 0.4) is 0 Å². The van der Waals surface area contributed by atoms with Crippen LogP contribution in [0.5, 0.6) is 17.2 Å². The molecule has 1 atom stereocenters. The monoisotopic (exact) mass is 282 g/mol. The van der Waals surface area contributed by atoms with Crippen LogP contribution in [-0.4, -0.2) is 19.0 Å². The van der Waals surface area contributed by atoms with Crippen molar-refractivity contribution >= 4 is 5.78 Å². The first-order valence-electron chi connectivity index (χ1n) is 7.00. The molecule has 0 saturated carbocycles. The molecule has 0 aromatic heterocycles. The van der Waals surface area contributed by atoms with E-state index in [-0.39, 0.29) is 11.9 Å². The van der Waals surface area contributed by atoms with Crippen LogP contribution in [0.1, 0.15) is 28.4 Å². The van der Waals surface area contributed by atoms with Crippen molar-refractivity contribution in [3.05, 3.63) is 53.6 Å². The molecule has 106 valence electrons. The molecule has 0 spiro atoms. The minimum absolute atomic E-state index is 0.108. The topological polar surface area (TPSA) is 44.8 Å². The van der Waals surface area contributed by atoms with E-state index in [1.165, 1.54) is 0 Å². The highest BCUT2D eigenvalue weighted by molar-refractivity contribution is 5.99. The Morgan fingerprint density at radius 1 is 0.905 bits per heavy atom. The van der Waals surface area contributed by atoms with E-state index in [1.807, 2.05) is 36.4 Å². The first-order valence-corrected chi connectivity index (χ1v) is 7.00. The molecule has 0 unspecified atom stereocenters. The smallest absolute Gasteiger partial charge is 0.170 e. The Labute approximate surface area is 122 Å². The van der Waals surface area contributed by atoms with Crippen LogP contribution in [-0.2, 0) is 0 Å². The number of Topliss-reactive ketones (excluding diaryl/α,β-unsaturated/α-hetero) is 1. The lowest BCUT2D eigenvalue weighted by Crippen LogP contribution is -2.21. The Bertz CT molecular complexity index is 708. The summed E-state index contributed by atoms with van der Waals surface area (Å²) in [5.74, 6) is 2.21. The van der Waals surface area contributed by atoms with Crippen molar-refractivity contribution in [3.8, 4) is 17.2 Å². The number of rotatable bonds is 1. The minimum Gasteiger partial charge on any atom is -0.486 e. The van der Waals surface area contributed by atoms with E-state index in [2.05, 4.69) is 0 Å². The van der Waals surface area contributed by atoms with Crippen LogP contribution in [0.25, 0.3) is 0 Å². The number of carbonyl (C=O) groups excluding carboxylic acids is 1. The van der Waals surface area contributed by atoms with E-state index in [4.69, 9.17) is 14.2 Å². The van der Waals surface area contributed by atoms with Gasteiger partial charge in [-0.15, -0.1) is 0 Å². The van der Waals surface area contributed by atoms with E-state index < -0.39 is 0 Å². The zero-order valence-electron chi connectivity index (χ0n) is 11.4. The van der Waals surface area contributed by atoms with Gasteiger partial charge in [0, 0.05) is 0 Å². The molecular weight excluding hydrogens is 268 g/mol. The summed E-state index contributed by atoms with van der Waals surface area (Å²) in [5.41, 5.74) is 1.59. The van der Waals surface area contributed by atoms with E-state index >= 15 is 0 Å². The van der Waals surface area contributed by atoms with Crippen LogP contribution in [0.4, 0.5) is 0 Å². The highest BCUT2D eigenvalue weighted by Gasteiger charge is 2.28. The molecule has 2 aromatic carbocycles. The molecule has 2 aliphatic heterocycles. The average molecular weight is 282 g/mol. The predicted molar refractivity (Wildman–Crippen MR) is 76.2 cm³/mol. The summed E-state index contributed by atoms with van der Waals surface area (Å²) in [4.78, 5) is 12.2. The second-order valence-corrected chi connectivity index (χ2v) is 5.13. The molecule has 21 heavy (non-hydrogen) atoms. The molecule has 0 fully saturated rings. The molecule has 0 aliphatic carbocycles. The fraction of sp³-hybridized carbons (Fsp3) is 0.235. The first kappa shape index (κ1) is 12.3. The summed E-state index contributed by atoms with van der Waals surface area (Å²) in [6.45, 7) is 1.11. The number of carbonyl (C=O) groups is 1. The molecule has 2 heterocycles. The Hall–Kier alpha value is -2.49.